The largest absolute Gasteiger partial charge is 0.478 e. The van der Waals surface area contributed by atoms with E-state index in [1.54, 1.807) is 6.07 Å². The van der Waals surface area contributed by atoms with Gasteiger partial charge >= 0.3 is 5.97 Å². The van der Waals surface area contributed by atoms with Crippen molar-refractivity contribution in [2.75, 3.05) is 37.6 Å². The van der Waals surface area contributed by atoms with Gasteiger partial charge in [0.15, 0.2) is 0 Å². The molecule has 1 saturated heterocycles. The normalized spacial score (nSPS) is 19.5. The van der Waals surface area contributed by atoms with Crippen molar-refractivity contribution in [2.24, 2.45) is 0 Å². The van der Waals surface area contributed by atoms with Crippen LogP contribution >= 0.6 is 0 Å². The molecule has 1 aromatic heterocycles. The lowest BCUT2D eigenvalue weighted by Crippen LogP contribution is -2.36. The standard InChI is InChI=1S/C31H39N3O2/c35-31(36)24-14-15-25-28(22-24)34-21-20-33(19-18-32-16-8-1-2-9-17-32)27-13-7-6-12-26(27)30(34)29(25)23-10-4-3-5-11-23/h6-7,12-15,22-23H,1-5,8-11,16-21H2,(H,35,36). The summed E-state index contributed by atoms with van der Waals surface area (Å²) in [5.41, 5.74) is 6.93. The molecular formula is C31H39N3O2. The van der Waals surface area contributed by atoms with Crippen LogP contribution in [0.15, 0.2) is 42.5 Å². The summed E-state index contributed by atoms with van der Waals surface area (Å²) in [4.78, 5) is 17.1. The topological polar surface area (TPSA) is 48.7 Å². The highest BCUT2D eigenvalue weighted by Gasteiger charge is 2.30. The molecule has 3 aromatic rings. The first kappa shape index (κ1) is 23.6. The van der Waals surface area contributed by atoms with Crippen molar-refractivity contribution in [2.45, 2.75) is 70.3 Å². The van der Waals surface area contributed by atoms with E-state index in [2.05, 4.69) is 44.7 Å². The third kappa shape index (κ3) is 4.43. The van der Waals surface area contributed by atoms with Crippen LogP contribution in [0.4, 0.5) is 5.69 Å². The summed E-state index contributed by atoms with van der Waals surface area (Å²) in [6.45, 7) is 6.44. The van der Waals surface area contributed by atoms with Gasteiger partial charge in [0.25, 0.3) is 0 Å². The Morgan fingerprint density at radius 2 is 1.58 bits per heavy atom. The van der Waals surface area contributed by atoms with Crippen LogP contribution in [0.2, 0.25) is 0 Å². The summed E-state index contributed by atoms with van der Waals surface area (Å²) >= 11 is 0. The Hall–Kier alpha value is -2.79. The number of carbonyl (C=O) groups is 1. The zero-order chi connectivity index (χ0) is 24.5. The highest BCUT2D eigenvalue weighted by atomic mass is 16.4. The van der Waals surface area contributed by atoms with E-state index >= 15 is 0 Å². The van der Waals surface area contributed by atoms with Crippen LogP contribution in [0.3, 0.4) is 0 Å². The lowest BCUT2D eigenvalue weighted by Gasteiger charge is -2.29. The fourth-order valence-electron chi connectivity index (χ4n) is 6.98. The minimum absolute atomic E-state index is 0.383. The van der Waals surface area contributed by atoms with E-state index in [1.807, 2.05) is 6.07 Å². The maximum absolute atomic E-state index is 11.9. The molecule has 3 heterocycles. The number of hydrogen-bond donors (Lipinski definition) is 1. The predicted molar refractivity (Wildman–Crippen MR) is 147 cm³/mol. The molecule has 0 bridgehead atoms. The van der Waals surface area contributed by atoms with Gasteiger partial charge in [-0.1, -0.05) is 56.4 Å². The zero-order valence-electron chi connectivity index (χ0n) is 21.4. The van der Waals surface area contributed by atoms with Gasteiger partial charge in [-0.15, -0.1) is 0 Å². The second-order valence-corrected chi connectivity index (χ2v) is 11.0. The number of para-hydroxylation sites is 1. The number of carboxylic acid groups (broad SMARTS) is 1. The van der Waals surface area contributed by atoms with Gasteiger partial charge in [-0.3, -0.25) is 0 Å². The highest BCUT2D eigenvalue weighted by Crippen LogP contribution is 2.47. The monoisotopic (exact) mass is 485 g/mol. The number of likely N-dealkylation sites (tertiary alicyclic amines) is 1. The van der Waals surface area contributed by atoms with Crippen LogP contribution < -0.4 is 4.90 Å². The molecule has 3 aliphatic rings. The van der Waals surface area contributed by atoms with E-state index in [9.17, 15) is 9.90 Å². The second-order valence-electron chi connectivity index (χ2n) is 11.0. The van der Waals surface area contributed by atoms with Gasteiger partial charge in [0.2, 0.25) is 0 Å². The van der Waals surface area contributed by atoms with E-state index in [-0.39, 0.29) is 0 Å². The van der Waals surface area contributed by atoms with Crippen molar-refractivity contribution in [3.63, 3.8) is 0 Å². The Kier molecular flexibility index (Phi) is 6.75. The van der Waals surface area contributed by atoms with Crippen LogP contribution in [-0.2, 0) is 6.54 Å². The SMILES string of the molecule is O=C(O)c1ccc2c(C3CCCCC3)c3n(c2c1)CCN(CCN1CCCCCC1)c1ccccc1-3. The van der Waals surface area contributed by atoms with Crippen LogP contribution in [0.1, 0.15) is 79.6 Å². The van der Waals surface area contributed by atoms with Crippen molar-refractivity contribution in [1.82, 2.24) is 9.47 Å². The van der Waals surface area contributed by atoms with Crippen molar-refractivity contribution >= 4 is 22.6 Å². The molecule has 2 fully saturated rings. The molecule has 1 aliphatic carbocycles. The van der Waals surface area contributed by atoms with Gasteiger partial charge in [-0.05, 0) is 68.5 Å². The van der Waals surface area contributed by atoms with E-state index in [0.717, 1.165) is 31.7 Å². The molecule has 0 spiro atoms. The van der Waals surface area contributed by atoms with E-state index in [0.29, 0.717) is 11.5 Å². The Balaban J connectivity index is 1.44. The van der Waals surface area contributed by atoms with Gasteiger partial charge in [-0.2, -0.15) is 0 Å². The Labute approximate surface area is 214 Å². The first-order valence-corrected chi connectivity index (χ1v) is 14.2. The molecule has 0 amide bonds. The maximum Gasteiger partial charge on any atom is 0.335 e. The number of carboxylic acids is 1. The van der Waals surface area contributed by atoms with Gasteiger partial charge in [0, 0.05) is 48.3 Å². The number of aromatic carboxylic acids is 1. The average Bonchev–Trinajstić information content (AvgIpc) is 3.05. The fraction of sp³-hybridized carbons (Fsp3) is 0.516. The first-order valence-electron chi connectivity index (χ1n) is 14.2. The molecule has 1 N–H and O–H groups in total. The van der Waals surface area contributed by atoms with Gasteiger partial charge in [0.05, 0.1) is 11.3 Å². The Morgan fingerprint density at radius 1 is 0.833 bits per heavy atom. The summed E-state index contributed by atoms with van der Waals surface area (Å²) in [6.07, 6.45) is 11.7. The first-order chi connectivity index (χ1) is 17.7. The number of anilines is 1. The van der Waals surface area contributed by atoms with Crippen molar-refractivity contribution in [1.29, 1.82) is 0 Å². The molecule has 36 heavy (non-hydrogen) atoms. The quantitative estimate of drug-likeness (QED) is 0.434. The molecule has 190 valence electrons. The van der Waals surface area contributed by atoms with Gasteiger partial charge < -0.3 is 19.5 Å². The van der Waals surface area contributed by atoms with Crippen molar-refractivity contribution in [3.05, 3.63) is 53.6 Å². The Bertz CT molecular complexity index is 1230. The van der Waals surface area contributed by atoms with Gasteiger partial charge in [-0.25, -0.2) is 4.79 Å². The number of nitrogens with zero attached hydrogens (tertiary/aromatic N) is 3. The number of rotatable bonds is 5. The minimum Gasteiger partial charge on any atom is -0.478 e. The molecule has 5 nitrogen and oxygen atoms in total. The molecular weight excluding hydrogens is 446 g/mol. The minimum atomic E-state index is -0.847. The van der Waals surface area contributed by atoms with Crippen molar-refractivity contribution in [3.8, 4) is 11.3 Å². The smallest absolute Gasteiger partial charge is 0.335 e. The van der Waals surface area contributed by atoms with Crippen LogP contribution in [0.25, 0.3) is 22.2 Å². The lowest BCUT2D eigenvalue weighted by molar-refractivity contribution is 0.0697. The summed E-state index contributed by atoms with van der Waals surface area (Å²) < 4.78 is 2.45. The highest BCUT2D eigenvalue weighted by molar-refractivity contribution is 5.99. The lowest BCUT2D eigenvalue weighted by atomic mass is 9.81. The van der Waals surface area contributed by atoms with Crippen LogP contribution in [0.5, 0.6) is 0 Å². The molecule has 1 saturated carbocycles. The fourth-order valence-corrected chi connectivity index (χ4v) is 6.98. The molecule has 6 rings (SSSR count). The van der Waals surface area contributed by atoms with E-state index < -0.39 is 5.97 Å². The van der Waals surface area contributed by atoms with Crippen LogP contribution in [0, 0.1) is 0 Å². The average molecular weight is 486 g/mol. The molecule has 0 radical (unpaired) electrons. The zero-order valence-corrected chi connectivity index (χ0v) is 21.4. The number of aromatic nitrogens is 1. The number of hydrogen-bond acceptors (Lipinski definition) is 3. The van der Waals surface area contributed by atoms with E-state index in [1.165, 1.54) is 98.8 Å². The Morgan fingerprint density at radius 3 is 2.36 bits per heavy atom. The van der Waals surface area contributed by atoms with Crippen molar-refractivity contribution < 1.29 is 9.90 Å². The summed E-state index contributed by atoms with van der Waals surface area (Å²) in [5.74, 6) is -0.301. The predicted octanol–water partition coefficient (Wildman–Crippen LogP) is 6.75. The molecule has 2 aromatic carbocycles. The van der Waals surface area contributed by atoms with Crippen LogP contribution in [-0.4, -0.2) is 53.3 Å². The summed E-state index contributed by atoms with van der Waals surface area (Å²) in [5, 5.41) is 11.0. The summed E-state index contributed by atoms with van der Waals surface area (Å²) in [6, 6.07) is 14.8. The molecule has 0 atom stereocenters. The molecule has 2 aliphatic heterocycles. The number of benzene rings is 2. The third-order valence-electron chi connectivity index (χ3n) is 8.84. The number of fused-ring (bicyclic) bond motifs is 5. The summed E-state index contributed by atoms with van der Waals surface area (Å²) in [7, 11) is 0. The molecule has 5 heteroatoms. The maximum atomic E-state index is 11.9. The van der Waals surface area contributed by atoms with Gasteiger partial charge in [0.1, 0.15) is 0 Å². The molecule has 0 unspecified atom stereocenters. The van der Waals surface area contributed by atoms with E-state index in [4.69, 9.17) is 0 Å². The third-order valence-corrected chi connectivity index (χ3v) is 8.84. The second kappa shape index (κ2) is 10.3.